The molecule has 0 radical (unpaired) electrons. The van der Waals surface area contributed by atoms with Crippen molar-refractivity contribution in [3.63, 3.8) is 0 Å². The minimum Gasteiger partial charge on any atom is -0.508 e. The molecule has 0 spiro atoms. The molecular formula is C18H20N2O. The van der Waals surface area contributed by atoms with Crippen LogP contribution >= 0.6 is 0 Å². The van der Waals surface area contributed by atoms with E-state index in [2.05, 4.69) is 42.1 Å². The maximum atomic E-state index is 9.41. The summed E-state index contributed by atoms with van der Waals surface area (Å²) in [6.07, 6.45) is 3.09. The summed E-state index contributed by atoms with van der Waals surface area (Å²) in [6.45, 7) is 0.591. The van der Waals surface area contributed by atoms with Gasteiger partial charge in [0.2, 0.25) is 0 Å². The summed E-state index contributed by atoms with van der Waals surface area (Å²) >= 11 is 0. The van der Waals surface area contributed by atoms with Crippen LogP contribution in [-0.4, -0.2) is 16.2 Å². The first-order valence-electron chi connectivity index (χ1n) is 7.21. The Morgan fingerprint density at radius 2 is 1.81 bits per heavy atom. The molecule has 0 fully saturated rings. The standard InChI is InChI=1S/C18H20N2O/c1-20-12-15(17-4-2-3-5-18(17)20)10-14(11-19)13-6-8-16(21)9-7-13/h2-9,12,14,21H,10-11,19H2,1H3. The van der Waals surface area contributed by atoms with Gasteiger partial charge < -0.3 is 15.4 Å². The van der Waals surface area contributed by atoms with Crippen LogP contribution in [0, 0.1) is 0 Å². The number of rotatable bonds is 4. The summed E-state index contributed by atoms with van der Waals surface area (Å²) in [4.78, 5) is 0. The predicted octanol–water partition coefficient (Wildman–Crippen LogP) is 3.17. The molecule has 3 N–H and O–H groups in total. The van der Waals surface area contributed by atoms with Crippen LogP contribution in [0.15, 0.2) is 54.7 Å². The highest BCUT2D eigenvalue weighted by Gasteiger charge is 2.14. The second-order valence-corrected chi connectivity index (χ2v) is 5.51. The smallest absolute Gasteiger partial charge is 0.115 e. The number of hydrogen-bond acceptors (Lipinski definition) is 2. The van der Waals surface area contributed by atoms with Gasteiger partial charge in [0.25, 0.3) is 0 Å². The minimum atomic E-state index is 0.261. The van der Waals surface area contributed by atoms with Crippen molar-refractivity contribution in [2.24, 2.45) is 12.8 Å². The highest BCUT2D eigenvalue weighted by atomic mass is 16.3. The van der Waals surface area contributed by atoms with Gasteiger partial charge in [-0.3, -0.25) is 0 Å². The molecule has 0 saturated carbocycles. The number of aryl methyl sites for hydroxylation is 1. The number of nitrogens with zero attached hydrogens (tertiary/aromatic N) is 1. The Hall–Kier alpha value is -2.26. The van der Waals surface area contributed by atoms with Gasteiger partial charge in [-0.2, -0.15) is 0 Å². The largest absolute Gasteiger partial charge is 0.508 e. The van der Waals surface area contributed by atoms with Gasteiger partial charge in [-0.15, -0.1) is 0 Å². The first-order valence-corrected chi connectivity index (χ1v) is 7.21. The summed E-state index contributed by atoms with van der Waals surface area (Å²) < 4.78 is 2.16. The number of aromatic nitrogens is 1. The summed E-state index contributed by atoms with van der Waals surface area (Å²) in [6, 6.07) is 15.8. The van der Waals surface area contributed by atoms with Gasteiger partial charge in [0.05, 0.1) is 0 Å². The highest BCUT2D eigenvalue weighted by Crippen LogP contribution is 2.27. The molecular weight excluding hydrogens is 260 g/mol. The number of nitrogens with two attached hydrogens (primary N) is 1. The third kappa shape index (κ3) is 2.65. The molecule has 21 heavy (non-hydrogen) atoms. The molecule has 3 heteroatoms. The molecule has 1 aromatic heterocycles. The van der Waals surface area contributed by atoms with Gasteiger partial charge in [-0.25, -0.2) is 0 Å². The number of phenols is 1. The maximum absolute atomic E-state index is 9.41. The van der Waals surface area contributed by atoms with Crippen LogP contribution in [0.2, 0.25) is 0 Å². The van der Waals surface area contributed by atoms with Crippen molar-refractivity contribution in [2.45, 2.75) is 12.3 Å². The van der Waals surface area contributed by atoms with Crippen LogP contribution in [0.3, 0.4) is 0 Å². The van der Waals surface area contributed by atoms with E-state index in [1.54, 1.807) is 12.1 Å². The number of benzene rings is 2. The minimum absolute atomic E-state index is 0.261. The van der Waals surface area contributed by atoms with E-state index in [1.807, 2.05) is 12.1 Å². The van der Waals surface area contributed by atoms with Gasteiger partial charge in [0, 0.05) is 30.1 Å². The van der Waals surface area contributed by atoms with E-state index in [4.69, 9.17) is 5.73 Å². The average molecular weight is 280 g/mol. The topological polar surface area (TPSA) is 51.2 Å². The lowest BCUT2D eigenvalue weighted by Crippen LogP contribution is -2.14. The summed E-state index contributed by atoms with van der Waals surface area (Å²) in [5, 5.41) is 10.7. The normalized spacial score (nSPS) is 12.7. The Labute approximate surface area is 124 Å². The Morgan fingerprint density at radius 3 is 2.52 bits per heavy atom. The molecule has 0 amide bonds. The molecule has 0 aliphatic rings. The fourth-order valence-electron chi connectivity index (χ4n) is 2.94. The Kier molecular flexibility index (Phi) is 3.67. The monoisotopic (exact) mass is 280 g/mol. The third-order valence-electron chi connectivity index (χ3n) is 4.09. The van der Waals surface area contributed by atoms with Crippen molar-refractivity contribution >= 4 is 10.9 Å². The zero-order valence-electron chi connectivity index (χ0n) is 12.2. The Morgan fingerprint density at radius 1 is 1.10 bits per heavy atom. The molecule has 0 aliphatic carbocycles. The van der Waals surface area contributed by atoms with Gasteiger partial charge >= 0.3 is 0 Å². The highest BCUT2D eigenvalue weighted by molar-refractivity contribution is 5.84. The molecule has 3 nitrogen and oxygen atoms in total. The molecule has 3 rings (SSSR count). The zero-order valence-corrected chi connectivity index (χ0v) is 12.2. The SMILES string of the molecule is Cn1cc(CC(CN)c2ccc(O)cc2)c2ccccc21. The first kappa shape index (κ1) is 13.7. The molecule has 1 atom stereocenters. The van der Waals surface area contributed by atoms with Gasteiger partial charge in [-0.1, -0.05) is 30.3 Å². The number of aromatic hydroxyl groups is 1. The van der Waals surface area contributed by atoms with Crippen LogP contribution in [0.1, 0.15) is 17.0 Å². The molecule has 0 aliphatic heterocycles. The lowest BCUT2D eigenvalue weighted by atomic mass is 9.92. The summed E-state index contributed by atoms with van der Waals surface area (Å²) in [5.74, 6) is 0.552. The van der Waals surface area contributed by atoms with E-state index in [1.165, 1.54) is 22.0 Å². The maximum Gasteiger partial charge on any atom is 0.115 e. The fourth-order valence-corrected chi connectivity index (χ4v) is 2.94. The zero-order chi connectivity index (χ0) is 14.8. The van der Waals surface area contributed by atoms with E-state index in [0.717, 1.165) is 6.42 Å². The molecule has 0 saturated heterocycles. The van der Waals surface area contributed by atoms with Crippen molar-refractivity contribution in [1.29, 1.82) is 0 Å². The molecule has 0 bridgehead atoms. The second kappa shape index (κ2) is 5.62. The van der Waals surface area contributed by atoms with Crippen molar-refractivity contribution in [3.8, 4) is 5.75 Å². The predicted molar refractivity (Wildman–Crippen MR) is 86.5 cm³/mol. The third-order valence-corrected chi connectivity index (χ3v) is 4.09. The van der Waals surface area contributed by atoms with Crippen LogP contribution in [0.5, 0.6) is 5.75 Å². The Balaban J connectivity index is 1.94. The molecule has 1 heterocycles. The molecule has 3 aromatic rings. The van der Waals surface area contributed by atoms with Crippen LogP contribution in [0.25, 0.3) is 10.9 Å². The van der Waals surface area contributed by atoms with E-state index < -0.39 is 0 Å². The van der Waals surface area contributed by atoms with Crippen molar-refractivity contribution in [3.05, 3.63) is 65.9 Å². The van der Waals surface area contributed by atoms with E-state index in [-0.39, 0.29) is 5.92 Å². The molecule has 108 valence electrons. The fraction of sp³-hybridized carbons (Fsp3) is 0.222. The van der Waals surface area contributed by atoms with Crippen LogP contribution in [-0.2, 0) is 13.5 Å². The quantitative estimate of drug-likeness (QED) is 0.771. The second-order valence-electron chi connectivity index (χ2n) is 5.51. The van der Waals surface area contributed by atoms with E-state index in [0.29, 0.717) is 12.3 Å². The van der Waals surface area contributed by atoms with E-state index >= 15 is 0 Å². The Bertz CT molecular complexity index is 744. The van der Waals surface area contributed by atoms with Gasteiger partial charge in [-0.05, 0) is 42.3 Å². The lowest BCUT2D eigenvalue weighted by molar-refractivity contribution is 0.475. The van der Waals surface area contributed by atoms with Gasteiger partial charge in [0.1, 0.15) is 5.75 Å². The summed E-state index contributed by atoms with van der Waals surface area (Å²) in [5.41, 5.74) is 9.70. The van der Waals surface area contributed by atoms with Crippen molar-refractivity contribution in [2.75, 3.05) is 6.54 Å². The van der Waals surface area contributed by atoms with Gasteiger partial charge in [0.15, 0.2) is 0 Å². The number of hydrogen-bond donors (Lipinski definition) is 2. The first-order chi connectivity index (χ1) is 10.2. The molecule has 1 unspecified atom stereocenters. The number of para-hydroxylation sites is 1. The number of phenolic OH excluding ortho intramolecular Hbond substituents is 1. The van der Waals surface area contributed by atoms with Crippen LogP contribution in [0.4, 0.5) is 0 Å². The molecule has 2 aromatic carbocycles. The van der Waals surface area contributed by atoms with E-state index in [9.17, 15) is 5.11 Å². The van der Waals surface area contributed by atoms with Crippen molar-refractivity contribution < 1.29 is 5.11 Å². The lowest BCUT2D eigenvalue weighted by Gasteiger charge is -2.15. The van der Waals surface area contributed by atoms with Crippen molar-refractivity contribution in [1.82, 2.24) is 4.57 Å². The van der Waals surface area contributed by atoms with Crippen LogP contribution < -0.4 is 5.73 Å². The number of fused-ring (bicyclic) bond motifs is 1. The summed E-state index contributed by atoms with van der Waals surface area (Å²) in [7, 11) is 2.07. The average Bonchev–Trinajstić information content (AvgIpc) is 2.83.